The highest BCUT2D eigenvalue weighted by Crippen LogP contribution is 2.54. The smallest absolute Gasteiger partial charge is 0.336 e. The van der Waals surface area contributed by atoms with Crippen LogP contribution in [0.1, 0.15) is 16.7 Å². The van der Waals surface area contributed by atoms with Gasteiger partial charge in [-0.1, -0.05) is 54.1 Å². The van der Waals surface area contributed by atoms with E-state index in [1.165, 1.54) is 0 Å². The molecule has 2 aromatic rings. The molecule has 2 aromatic carbocycles. The minimum atomic E-state index is -0.979. The Labute approximate surface area is 121 Å². The predicted octanol–water partition coefficient (Wildman–Crippen LogP) is 3.38. The Morgan fingerprint density at radius 3 is 2.30 bits per heavy atom. The van der Waals surface area contributed by atoms with Crippen LogP contribution in [0.15, 0.2) is 48.5 Å². The number of aryl methyl sites for hydroxylation is 1. The van der Waals surface area contributed by atoms with Gasteiger partial charge in [0, 0.05) is 10.6 Å². The van der Waals surface area contributed by atoms with Gasteiger partial charge in [0.15, 0.2) is 11.7 Å². The summed E-state index contributed by atoms with van der Waals surface area (Å²) < 4.78 is 5.62. The van der Waals surface area contributed by atoms with Crippen molar-refractivity contribution in [2.45, 2.75) is 18.6 Å². The first-order chi connectivity index (χ1) is 9.57. The van der Waals surface area contributed by atoms with Gasteiger partial charge in [0.2, 0.25) is 0 Å². The van der Waals surface area contributed by atoms with Crippen LogP contribution in [0.2, 0.25) is 5.02 Å². The summed E-state index contributed by atoms with van der Waals surface area (Å²) in [5.41, 5.74) is 1.55. The Morgan fingerprint density at radius 2 is 1.75 bits per heavy atom. The first-order valence-electron chi connectivity index (χ1n) is 6.29. The molecule has 1 saturated heterocycles. The Hall–Kier alpha value is -1.84. The van der Waals surface area contributed by atoms with Crippen molar-refractivity contribution in [3.63, 3.8) is 0 Å². The summed E-state index contributed by atoms with van der Waals surface area (Å²) in [5.74, 6) is -0.979. The number of carboxylic acids is 1. The molecule has 102 valence electrons. The molecule has 0 saturated carbocycles. The van der Waals surface area contributed by atoms with Crippen LogP contribution >= 0.6 is 11.6 Å². The van der Waals surface area contributed by atoms with E-state index in [-0.39, 0.29) is 0 Å². The van der Waals surface area contributed by atoms with Crippen LogP contribution < -0.4 is 0 Å². The van der Waals surface area contributed by atoms with Crippen molar-refractivity contribution in [3.05, 3.63) is 70.2 Å². The average molecular weight is 289 g/mol. The van der Waals surface area contributed by atoms with Gasteiger partial charge in [-0.25, -0.2) is 4.79 Å². The molecule has 0 amide bonds. The summed E-state index contributed by atoms with van der Waals surface area (Å²) in [4.78, 5) is 11.4. The first-order valence-corrected chi connectivity index (χ1v) is 6.67. The molecule has 0 aliphatic carbocycles. The predicted molar refractivity (Wildman–Crippen MR) is 75.9 cm³/mol. The summed E-state index contributed by atoms with van der Waals surface area (Å²) in [6, 6.07) is 14.8. The van der Waals surface area contributed by atoms with Gasteiger partial charge in [0.05, 0.1) is 0 Å². The summed E-state index contributed by atoms with van der Waals surface area (Å²) in [5, 5.41) is 9.84. The highest BCUT2D eigenvalue weighted by molar-refractivity contribution is 6.31. The maximum Gasteiger partial charge on any atom is 0.336 e. The second-order valence-electron chi connectivity index (χ2n) is 4.87. The van der Waals surface area contributed by atoms with Gasteiger partial charge >= 0.3 is 5.97 Å². The van der Waals surface area contributed by atoms with Crippen molar-refractivity contribution in [2.75, 3.05) is 0 Å². The molecule has 1 fully saturated rings. The molecule has 0 spiro atoms. The van der Waals surface area contributed by atoms with Gasteiger partial charge in [-0.15, -0.1) is 0 Å². The van der Waals surface area contributed by atoms with E-state index in [1.54, 1.807) is 6.07 Å². The van der Waals surface area contributed by atoms with Crippen molar-refractivity contribution in [1.82, 2.24) is 0 Å². The maximum absolute atomic E-state index is 11.4. The van der Waals surface area contributed by atoms with E-state index < -0.39 is 17.7 Å². The lowest BCUT2D eigenvalue weighted by atomic mass is 9.85. The molecule has 0 radical (unpaired) electrons. The van der Waals surface area contributed by atoms with E-state index in [0.717, 1.165) is 11.1 Å². The van der Waals surface area contributed by atoms with Crippen molar-refractivity contribution in [2.24, 2.45) is 0 Å². The second kappa shape index (κ2) is 4.62. The number of ether oxygens (including phenoxy) is 1. The van der Waals surface area contributed by atoms with Crippen molar-refractivity contribution in [1.29, 1.82) is 0 Å². The zero-order chi connectivity index (χ0) is 14.3. The number of aliphatic carboxylic acids is 1. The van der Waals surface area contributed by atoms with E-state index in [0.29, 0.717) is 10.6 Å². The topological polar surface area (TPSA) is 49.8 Å². The molecule has 2 atom stereocenters. The lowest BCUT2D eigenvalue weighted by Crippen LogP contribution is -2.21. The fourth-order valence-corrected chi connectivity index (χ4v) is 2.96. The van der Waals surface area contributed by atoms with Gasteiger partial charge < -0.3 is 9.84 Å². The zero-order valence-corrected chi connectivity index (χ0v) is 11.6. The van der Waals surface area contributed by atoms with Crippen LogP contribution in [0.25, 0.3) is 0 Å². The van der Waals surface area contributed by atoms with Crippen LogP contribution in [0.3, 0.4) is 0 Å². The maximum atomic E-state index is 11.4. The molecular weight excluding hydrogens is 276 g/mol. The summed E-state index contributed by atoms with van der Waals surface area (Å²) in [7, 11) is 0. The normalized spacial score (nSPS) is 24.4. The number of rotatable bonds is 3. The van der Waals surface area contributed by atoms with E-state index in [2.05, 4.69) is 0 Å². The third kappa shape index (κ3) is 1.82. The van der Waals surface area contributed by atoms with Crippen LogP contribution in [-0.4, -0.2) is 17.2 Å². The van der Waals surface area contributed by atoms with Gasteiger partial charge in [-0.2, -0.15) is 0 Å². The van der Waals surface area contributed by atoms with Gasteiger partial charge in [-0.05, 0) is 24.1 Å². The molecular formula is C16H13ClO3. The largest absolute Gasteiger partial charge is 0.479 e. The quantitative estimate of drug-likeness (QED) is 0.881. The number of halogens is 1. The van der Waals surface area contributed by atoms with Crippen LogP contribution in [0.5, 0.6) is 0 Å². The van der Waals surface area contributed by atoms with Crippen LogP contribution in [0.4, 0.5) is 0 Å². The molecule has 1 heterocycles. The molecule has 1 aliphatic rings. The Balaban J connectivity index is 2.21. The minimum absolute atomic E-state index is 0.513. The van der Waals surface area contributed by atoms with Crippen molar-refractivity contribution < 1.29 is 14.6 Å². The molecule has 20 heavy (non-hydrogen) atoms. The average Bonchev–Trinajstić information content (AvgIpc) is 3.16. The van der Waals surface area contributed by atoms with Gasteiger partial charge in [0.1, 0.15) is 0 Å². The Morgan fingerprint density at radius 1 is 1.15 bits per heavy atom. The zero-order valence-electron chi connectivity index (χ0n) is 10.8. The number of hydrogen-bond acceptors (Lipinski definition) is 2. The lowest BCUT2D eigenvalue weighted by Gasteiger charge is -2.17. The fraction of sp³-hybridized carbons (Fsp3) is 0.188. The summed E-state index contributed by atoms with van der Waals surface area (Å²) in [6.45, 7) is 1.94. The number of epoxide rings is 1. The first kappa shape index (κ1) is 13.2. The molecule has 3 rings (SSSR count). The third-order valence-electron chi connectivity index (χ3n) is 3.66. The number of hydrogen-bond donors (Lipinski definition) is 1. The van der Waals surface area contributed by atoms with E-state index >= 15 is 0 Å². The molecule has 1 N–H and O–H groups in total. The molecule has 0 aromatic heterocycles. The second-order valence-corrected chi connectivity index (χ2v) is 5.27. The Kier molecular flexibility index (Phi) is 3.04. The van der Waals surface area contributed by atoms with Crippen LogP contribution in [0, 0.1) is 6.92 Å². The summed E-state index contributed by atoms with van der Waals surface area (Å²) in [6.07, 6.45) is -0.900. The number of carboxylic acid groups (broad SMARTS) is 1. The van der Waals surface area contributed by atoms with Gasteiger partial charge in [0.25, 0.3) is 0 Å². The fourth-order valence-electron chi connectivity index (χ4n) is 2.68. The third-order valence-corrected chi connectivity index (χ3v) is 3.99. The summed E-state index contributed by atoms with van der Waals surface area (Å²) >= 11 is 6.25. The SMILES string of the molecule is Cc1ccccc1C1(c2ccccc2Cl)OC1C(=O)O. The van der Waals surface area contributed by atoms with Gasteiger partial charge in [-0.3, -0.25) is 0 Å². The molecule has 2 unspecified atom stereocenters. The minimum Gasteiger partial charge on any atom is -0.479 e. The highest BCUT2D eigenvalue weighted by atomic mass is 35.5. The molecule has 0 bridgehead atoms. The van der Waals surface area contributed by atoms with E-state index in [4.69, 9.17) is 16.3 Å². The standard InChI is InChI=1S/C16H13ClO3/c1-10-6-2-3-7-11(10)16(14(20-16)15(18)19)12-8-4-5-9-13(12)17/h2-9,14H,1H3,(H,18,19). The monoisotopic (exact) mass is 288 g/mol. The number of benzene rings is 2. The highest BCUT2D eigenvalue weighted by Gasteiger charge is 2.64. The molecule has 1 aliphatic heterocycles. The van der Waals surface area contributed by atoms with E-state index in [9.17, 15) is 9.90 Å². The molecule has 4 heteroatoms. The lowest BCUT2D eigenvalue weighted by molar-refractivity contribution is -0.138. The van der Waals surface area contributed by atoms with Crippen LogP contribution in [-0.2, 0) is 15.1 Å². The number of carbonyl (C=O) groups is 1. The molecule has 3 nitrogen and oxygen atoms in total. The Bertz CT molecular complexity index is 635. The van der Waals surface area contributed by atoms with Crippen molar-refractivity contribution >= 4 is 17.6 Å². The van der Waals surface area contributed by atoms with Crippen molar-refractivity contribution in [3.8, 4) is 0 Å². The van der Waals surface area contributed by atoms with E-state index in [1.807, 2.05) is 49.4 Å².